The van der Waals surface area contributed by atoms with Gasteiger partial charge in [-0.2, -0.15) is 57.1 Å². The third-order valence-corrected chi connectivity index (χ3v) is 3.88. The predicted octanol–water partition coefficient (Wildman–Crippen LogP) is 4.68. The molecular weight excluding hydrogens is 501 g/mol. The van der Waals surface area contributed by atoms with Crippen LogP contribution in [0.5, 0.6) is 0 Å². The van der Waals surface area contributed by atoms with Crippen LogP contribution in [-0.4, -0.2) is 58.6 Å². The highest BCUT2D eigenvalue weighted by Gasteiger charge is 2.90. The molecule has 0 aliphatic carbocycles. The number of carboxylic acids is 1. The van der Waals surface area contributed by atoms with Gasteiger partial charge in [-0.15, -0.1) is 0 Å². The van der Waals surface area contributed by atoms with Gasteiger partial charge >= 0.3 is 47.7 Å². The van der Waals surface area contributed by atoms with Crippen LogP contribution in [0, 0.1) is 0 Å². The molecule has 2 N–H and O–H groups in total. The number of carboxylic acid groups (broad SMARTS) is 1. The highest BCUT2D eigenvalue weighted by atomic mass is 32.2. The molecule has 0 radical (unpaired) electrons. The van der Waals surface area contributed by atoms with Crippen molar-refractivity contribution in [1.82, 2.24) is 4.89 Å². The maximum absolute atomic E-state index is 13.4. The van der Waals surface area contributed by atoms with Crippen LogP contribution in [0.1, 0.15) is 19.3 Å². The second-order valence-electron chi connectivity index (χ2n) is 5.55. The molecule has 0 rings (SSSR count). The first-order chi connectivity index (χ1) is 13.6. The zero-order valence-electron chi connectivity index (χ0n) is 14.3. The van der Waals surface area contributed by atoms with E-state index in [1.807, 2.05) is 0 Å². The first kappa shape index (κ1) is 29.3. The summed E-state index contributed by atoms with van der Waals surface area (Å²) < 4.78 is 167. The largest absolute Gasteiger partial charge is 0.481 e. The Labute approximate surface area is 167 Å². The van der Waals surface area contributed by atoms with Crippen LogP contribution in [0.25, 0.3) is 0 Å². The van der Waals surface area contributed by atoms with Crippen molar-refractivity contribution in [1.29, 1.82) is 0 Å². The molecule has 0 unspecified atom stereocenters. The van der Waals surface area contributed by atoms with Crippen molar-refractivity contribution in [3.05, 3.63) is 0 Å². The summed E-state index contributed by atoms with van der Waals surface area (Å²) >= 11 is -0.228. The third-order valence-electron chi connectivity index (χ3n) is 3.27. The van der Waals surface area contributed by atoms with E-state index in [1.165, 1.54) is 4.89 Å². The number of nitrogens with one attached hydrogen (secondary N) is 1. The van der Waals surface area contributed by atoms with E-state index in [-0.39, 0.29) is 11.9 Å². The number of rotatable bonds is 12. The summed E-state index contributed by atoms with van der Waals surface area (Å²) in [5, 5.41) is 8.24. The number of carbonyl (C=O) groups is 2. The lowest BCUT2D eigenvalue weighted by atomic mass is 9.93. The highest BCUT2D eigenvalue weighted by Crippen LogP contribution is 2.60. The summed E-state index contributed by atoms with van der Waals surface area (Å²) in [6, 6.07) is 0. The van der Waals surface area contributed by atoms with E-state index in [2.05, 4.69) is 4.84 Å². The molecule has 0 saturated carbocycles. The van der Waals surface area contributed by atoms with Gasteiger partial charge in [0, 0.05) is 12.2 Å². The van der Waals surface area contributed by atoms with Gasteiger partial charge in [0.1, 0.15) is 0 Å². The second-order valence-corrected chi connectivity index (χ2v) is 6.41. The number of hydrogen-bond acceptors (Lipinski definition) is 5. The van der Waals surface area contributed by atoms with Gasteiger partial charge in [-0.25, -0.2) is 0 Å². The molecule has 0 spiro atoms. The lowest BCUT2D eigenvalue weighted by Crippen LogP contribution is -2.70. The normalized spacial score (nSPS) is 14.5. The molecule has 19 heteroatoms. The number of alkyl halides is 13. The molecule has 0 aromatic carbocycles. The van der Waals surface area contributed by atoms with Gasteiger partial charge in [-0.1, -0.05) is 4.89 Å². The van der Waals surface area contributed by atoms with Crippen LogP contribution in [-0.2, 0) is 14.4 Å². The minimum absolute atomic E-state index is 0.228. The molecule has 0 fully saturated rings. The number of hydrogen-bond donors (Lipinski definition) is 2. The molecule has 0 heterocycles. The SMILES string of the molecule is O=C(O)CCC(=O)ONSCCC(F)(F)C(F)(F)C(F)(F)C(F)(F)C(F)(F)C(F)(F)F. The zero-order valence-corrected chi connectivity index (χ0v) is 15.1. The van der Waals surface area contributed by atoms with Gasteiger partial charge in [0.25, 0.3) is 0 Å². The van der Waals surface area contributed by atoms with Crippen molar-refractivity contribution in [3.63, 3.8) is 0 Å². The van der Waals surface area contributed by atoms with E-state index >= 15 is 0 Å². The van der Waals surface area contributed by atoms with Crippen molar-refractivity contribution in [3.8, 4) is 0 Å². The molecule has 0 aliphatic heterocycles. The van der Waals surface area contributed by atoms with Crippen LogP contribution in [0.4, 0.5) is 57.1 Å². The first-order valence-electron chi connectivity index (χ1n) is 7.30. The van der Waals surface area contributed by atoms with Crippen LogP contribution in [0.2, 0.25) is 0 Å². The van der Waals surface area contributed by atoms with Crippen molar-refractivity contribution < 1.29 is 76.6 Å². The Morgan fingerprint density at radius 3 is 1.61 bits per heavy atom. The predicted molar refractivity (Wildman–Crippen MR) is 74.0 cm³/mol. The Bertz CT molecular complexity index is 653. The monoisotopic (exact) mass is 511 g/mol. The Morgan fingerprint density at radius 1 is 0.742 bits per heavy atom. The van der Waals surface area contributed by atoms with Crippen LogP contribution in [0.3, 0.4) is 0 Å². The van der Waals surface area contributed by atoms with Crippen LogP contribution < -0.4 is 4.89 Å². The van der Waals surface area contributed by atoms with Crippen LogP contribution >= 0.6 is 11.9 Å². The molecule has 5 nitrogen and oxygen atoms in total. The summed E-state index contributed by atoms with van der Waals surface area (Å²) in [5.74, 6) is -41.4. The van der Waals surface area contributed by atoms with Gasteiger partial charge in [-0.05, 0) is 11.9 Å². The van der Waals surface area contributed by atoms with E-state index in [0.29, 0.717) is 0 Å². The fraction of sp³-hybridized carbons (Fsp3) is 0.833. The van der Waals surface area contributed by atoms with Crippen LogP contribution in [0.15, 0.2) is 0 Å². The average Bonchev–Trinajstić information content (AvgIpc) is 2.57. The molecule has 0 saturated heterocycles. The van der Waals surface area contributed by atoms with Gasteiger partial charge in [0.2, 0.25) is 0 Å². The first-order valence-corrected chi connectivity index (χ1v) is 8.29. The Hall–Kier alpha value is -1.66. The van der Waals surface area contributed by atoms with Crippen molar-refractivity contribution in [2.75, 3.05) is 5.75 Å². The number of carbonyl (C=O) groups excluding carboxylic acids is 1. The summed E-state index contributed by atoms with van der Waals surface area (Å²) in [6.07, 6.45) is -11.4. The fourth-order valence-electron chi connectivity index (χ4n) is 1.52. The van der Waals surface area contributed by atoms with Crippen molar-refractivity contribution in [2.45, 2.75) is 55.1 Å². The lowest BCUT2D eigenvalue weighted by Gasteiger charge is -2.39. The second kappa shape index (κ2) is 9.45. The lowest BCUT2D eigenvalue weighted by molar-refractivity contribution is -0.439. The molecule has 0 aliphatic rings. The van der Waals surface area contributed by atoms with Crippen molar-refractivity contribution in [2.24, 2.45) is 0 Å². The minimum Gasteiger partial charge on any atom is -0.481 e. The summed E-state index contributed by atoms with van der Waals surface area (Å²) in [5.41, 5.74) is 0. The Balaban J connectivity index is 5.21. The molecule has 0 amide bonds. The quantitative estimate of drug-likeness (QED) is 0.172. The van der Waals surface area contributed by atoms with Gasteiger partial charge in [-0.3, -0.25) is 9.59 Å². The van der Waals surface area contributed by atoms with E-state index in [4.69, 9.17) is 5.11 Å². The molecule has 0 bridgehead atoms. The number of halogens is 13. The summed E-state index contributed by atoms with van der Waals surface area (Å²) in [4.78, 5) is 26.5. The smallest absolute Gasteiger partial charge is 0.460 e. The van der Waals surface area contributed by atoms with Gasteiger partial charge < -0.3 is 9.94 Å². The molecule has 0 aromatic heterocycles. The van der Waals surface area contributed by atoms with Crippen molar-refractivity contribution >= 4 is 23.9 Å². The topological polar surface area (TPSA) is 75.6 Å². The maximum atomic E-state index is 13.4. The maximum Gasteiger partial charge on any atom is 0.460 e. The number of aliphatic carboxylic acids is 1. The molecule has 0 atom stereocenters. The molecule has 31 heavy (non-hydrogen) atoms. The summed E-state index contributed by atoms with van der Waals surface area (Å²) in [7, 11) is 0. The van der Waals surface area contributed by atoms with E-state index in [1.54, 1.807) is 0 Å². The standard InChI is InChI=1S/C12H10F13NO4S/c13-7(14,3-4-31-26-30-6(29)2-1-5(27)28)8(15,16)9(17,18)10(19,20)11(21,22)12(23,24)25/h26H,1-4H2,(H,27,28). The summed E-state index contributed by atoms with van der Waals surface area (Å²) in [6.45, 7) is 0. The Kier molecular flexibility index (Phi) is 8.95. The average molecular weight is 511 g/mol. The van der Waals surface area contributed by atoms with E-state index < -0.39 is 72.7 Å². The fourth-order valence-corrected chi connectivity index (χ4v) is 2.11. The minimum atomic E-state index is -7.96. The van der Waals surface area contributed by atoms with E-state index in [9.17, 15) is 66.7 Å². The highest BCUT2D eigenvalue weighted by molar-refractivity contribution is 7.97. The Morgan fingerprint density at radius 2 is 1.19 bits per heavy atom. The van der Waals surface area contributed by atoms with Gasteiger partial charge in [0.05, 0.1) is 12.8 Å². The zero-order chi connectivity index (χ0) is 25.1. The molecular formula is C12H10F13NO4S. The van der Waals surface area contributed by atoms with Gasteiger partial charge in [0.15, 0.2) is 0 Å². The molecule has 184 valence electrons. The van der Waals surface area contributed by atoms with E-state index in [0.717, 1.165) is 0 Å². The third kappa shape index (κ3) is 5.98. The molecule has 0 aromatic rings.